The summed E-state index contributed by atoms with van der Waals surface area (Å²) >= 11 is 0. The zero-order valence-corrected chi connectivity index (χ0v) is 15.6. The molecule has 2 aromatic rings. The minimum Gasteiger partial charge on any atom is -0.480 e. The van der Waals surface area contributed by atoms with Crippen LogP contribution in [-0.4, -0.2) is 35.7 Å². The maximum absolute atomic E-state index is 12.8. The molecule has 2 rings (SSSR count). The molecule has 0 aliphatic heterocycles. The average Bonchev–Trinajstić information content (AvgIpc) is 2.70. The molecule has 30 heavy (non-hydrogen) atoms. The van der Waals surface area contributed by atoms with Crippen molar-refractivity contribution in [2.24, 2.45) is 0 Å². The summed E-state index contributed by atoms with van der Waals surface area (Å²) in [6, 6.07) is 11.5. The van der Waals surface area contributed by atoms with Crippen LogP contribution in [0.3, 0.4) is 0 Å². The highest BCUT2D eigenvalue weighted by molar-refractivity contribution is 5.86. The number of alkyl halides is 3. The van der Waals surface area contributed by atoms with Gasteiger partial charge in [0, 0.05) is 6.42 Å². The predicted octanol–water partition coefficient (Wildman–Crippen LogP) is 2.74. The van der Waals surface area contributed by atoms with Gasteiger partial charge in [0.1, 0.15) is 19.2 Å². The first-order valence-electron chi connectivity index (χ1n) is 8.78. The van der Waals surface area contributed by atoms with Gasteiger partial charge in [-0.15, -0.1) is 0 Å². The molecule has 0 saturated carbocycles. The van der Waals surface area contributed by atoms with Crippen LogP contribution in [0.25, 0.3) is 0 Å². The van der Waals surface area contributed by atoms with E-state index in [9.17, 15) is 32.7 Å². The van der Waals surface area contributed by atoms with Crippen LogP contribution in [-0.2, 0) is 33.5 Å². The van der Waals surface area contributed by atoms with Crippen LogP contribution in [0.15, 0.2) is 54.6 Å². The third-order valence-electron chi connectivity index (χ3n) is 3.93. The number of carbonyl (C=O) groups excluding carboxylic acids is 2. The summed E-state index contributed by atoms with van der Waals surface area (Å²) in [6.07, 6.45) is -5.80. The van der Waals surface area contributed by atoms with Gasteiger partial charge in [-0.05, 0) is 17.2 Å². The smallest absolute Gasteiger partial charge is 0.416 e. The summed E-state index contributed by atoms with van der Waals surface area (Å²) in [5, 5.41) is 13.6. The normalized spacial score (nSPS) is 12.0. The Morgan fingerprint density at radius 1 is 1.00 bits per heavy atom. The number of carboxylic acids is 1. The van der Waals surface area contributed by atoms with Gasteiger partial charge in [0.25, 0.3) is 0 Å². The molecule has 0 bridgehead atoms. The number of ether oxygens (including phenoxy) is 1. The minimum atomic E-state index is -4.57. The molecule has 0 heterocycles. The van der Waals surface area contributed by atoms with Crippen molar-refractivity contribution >= 4 is 18.0 Å². The molecule has 10 heteroatoms. The summed E-state index contributed by atoms with van der Waals surface area (Å²) in [5.41, 5.74) is -0.0878. The van der Waals surface area contributed by atoms with E-state index in [1.807, 2.05) is 0 Å². The van der Waals surface area contributed by atoms with Gasteiger partial charge in [0.2, 0.25) is 5.91 Å². The molecule has 160 valence electrons. The van der Waals surface area contributed by atoms with E-state index in [4.69, 9.17) is 4.74 Å². The molecular formula is C20H19F3N2O5. The summed E-state index contributed by atoms with van der Waals surface area (Å²) in [5.74, 6) is -2.25. The number of hydrogen-bond donors (Lipinski definition) is 3. The van der Waals surface area contributed by atoms with Gasteiger partial charge in [-0.25, -0.2) is 9.59 Å². The summed E-state index contributed by atoms with van der Waals surface area (Å²) in [4.78, 5) is 34.9. The van der Waals surface area contributed by atoms with E-state index in [2.05, 4.69) is 10.6 Å². The first kappa shape index (κ1) is 22.7. The Morgan fingerprint density at radius 2 is 1.67 bits per heavy atom. The van der Waals surface area contributed by atoms with Gasteiger partial charge in [0.15, 0.2) is 0 Å². The molecule has 2 aromatic carbocycles. The fourth-order valence-corrected chi connectivity index (χ4v) is 2.48. The molecule has 7 nitrogen and oxygen atoms in total. The number of carboxylic acid groups (broad SMARTS) is 1. The molecule has 0 saturated heterocycles. The Hall–Kier alpha value is -3.56. The highest BCUT2D eigenvalue weighted by Crippen LogP contribution is 2.29. The maximum Gasteiger partial charge on any atom is 0.416 e. The number of carbonyl (C=O) groups is 3. The first-order chi connectivity index (χ1) is 14.1. The number of rotatable bonds is 8. The molecule has 3 N–H and O–H groups in total. The standard InChI is InChI=1S/C20H19F3N2O5/c21-20(22,23)15-8-4-7-14(9-15)10-16(18(27)28)25-17(26)11-24-19(29)30-12-13-5-2-1-3-6-13/h1-9,16H,10-12H2,(H,24,29)(H,25,26)(H,27,28)/t16-/m1/s1. The van der Waals surface area contributed by atoms with E-state index in [1.165, 1.54) is 6.07 Å². The lowest BCUT2D eigenvalue weighted by molar-refractivity contribution is -0.141. The van der Waals surface area contributed by atoms with Crippen LogP contribution in [0, 0.1) is 0 Å². The lowest BCUT2D eigenvalue weighted by atomic mass is 10.0. The Morgan fingerprint density at radius 3 is 2.30 bits per heavy atom. The SMILES string of the molecule is O=C(CNC(=O)OCc1ccccc1)N[C@H](Cc1cccc(C(F)(F)F)c1)C(=O)O. The minimum absolute atomic E-state index is 0.0123. The quantitative estimate of drug-likeness (QED) is 0.605. The molecule has 0 radical (unpaired) electrons. The second kappa shape index (κ2) is 10.3. The van der Waals surface area contributed by atoms with Crippen molar-refractivity contribution in [1.29, 1.82) is 0 Å². The molecule has 0 unspecified atom stereocenters. The zero-order valence-electron chi connectivity index (χ0n) is 15.6. The summed E-state index contributed by atoms with van der Waals surface area (Å²) in [7, 11) is 0. The summed E-state index contributed by atoms with van der Waals surface area (Å²) < 4.78 is 43.3. The van der Waals surface area contributed by atoms with Crippen LogP contribution in [0.1, 0.15) is 16.7 Å². The Labute approximate surface area is 169 Å². The van der Waals surface area contributed by atoms with Crippen molar-refractivity contribution in [2.45, 2.75) is 25.2 Å². The molecule has 0 fully saturated rings. The van der Waals surface area contributed by atoms with E-state index < -0.39 is 42.3 Å². The van der Waals surface area contributed by atoms with Crippen LogP contribution < -0.4 is 10.6 Å². The summed E-state index contributed by atoms with van der Waals surface area (Å²) in [6.45, 7) is -0.568. The lowest BCUT2D eigenvalue weighted by Crippen LogP contribution is -2.46. The number of nitrogens with one attached hydrogen (secondary N) is 2. The Balaban J connectivity index is 1.85. The number of hydrogen-bond acceptors (Lipinski definition) is 4. The molecule has 0 aliphatic rings. The average molecular weight is 424 g/mol. The fourth-order valence-electron chi connectivity index (χ4n) is 2.48. The van der Waals surface area contributed by atoms with Crippen molar-refractivity contribution in [3.63, 3.8) is 0 Å². The number of aliphatic carboxylic acids is 1. The molecule has 0 spiro atoms. The van der Waals surface area contributed by atoms with Crippen LogP contribution in [0.2, 0.25) is 0 Å². The third-order valence-corrected chi connectivity index (χ3v) is 3.93. The van der Waals surface area contributed by atoms with Crippen LogP contribution >= 0.6 is 0 Å². The predicted molar refractivity (Wildman–Crippen MR) is 99.3 cm³/mol. The lowest BCUT2D eigenvalue weighted by Gasteiger charge is -2.16. The van der Waals surface area contributed by atoms with Gasteiger partial charge < -0.3 is 20.5 Å². The number of alkyl carbamates (subject to hydrolysis) is 1. The topological polar surface area (TPSA) is 105 Å². The highest BCUT2D eigenvalue weighted by atomic mass is 19.4. The van der Waals surface area contributed by atoms with E-state index in [-0.39, 0.29) is 18.6 Å². The number of benzene rings is 2. The molecule has 0 aliphatic carbocycles. The highest BCUT2D eigenvalue weighted by Gasteiger charge is 2.31. The third kappa shape index (κ3) is 7.46. The van der Waals surface area contributed by atoms with E-state index in [1.54, 1.807) is 30.3 Å². The molecular weight excluding hydrogens is 405 g/mol. The van der Waals surface area contributed by atoms with Gasteiger partial charge >= 0.3 is 18.2 Å². The fraction of sp³-hybridized carbons (Fsp3) is 0.250. The van der Waals surface area contributed by atoms with E-state index >= 15 is 0 Å². The van der Waals surface area contributed by atoms with Crippen LogP contribution in [0.4, 0.5) is 18.0 Å². The Bertz CT molecular complexity index is 888. The van der Waals surface area contributed by atoms with Crippen molar-refractivity contribution in [3.05, 3.63) is 71.3 Å². The maximum atomic E-state index is 12.8. The zero-order chi connectivity index (χ0) is 22.1. The van der Waals surface area contributed by atoms with Gasteiger partial charge in [0.05, 0.1) is 5.56 Å². The van der Waals surface area contributed by atoms with E-state index in [0.29, 0.717) is 0 Å². The monoisotopic (exact) mass is 424 g/mol. The van der Waals surface area contributed by atoms with Crippen molar-refractivity contribution in [3.8, 4) is 0 Å². The largest absolute Gasteiger partial charge is 0.480 e. The van der Waals surface area contributed by atoms with E-state index in [0.717, 1.165) is 23.8 Å². The second-order valence-corrected chi connectivity index (χ2v) is 6.28. The molecule has 2 amide bonds. The Kier molecular flexibility index (Phi) is 7.79. The second-order valence-electron chi connectivity index (χ2n) is 6.28. The van der Waals surface area contributed by atoms with Gasteiger partial charge in [-0.3, -0.25) is 4.79 Å². The van der Waals surface area contributed by atoms with Crippen molar-refractivity contribution < 1.29 is 37.4 Å². The van der Waals surface area contributed by atoms with Crippen molar-refractivity contribution in [1.82, 2.24) is 10.6 Å². The number of halogens is 3. The van der Waals surface area contributed by atoms with Gasteiger partial charge in [-0.1, -0.05) is 48.5 Å². The molecule has 0 aromatic heterocycles. The first-order valence-corrected chi connectivity index (χ1v) is 8.78. The van der Waals surface area contributed by atoms with Crippen LogP contribution in [0.5, 0.6) is 0 Å². The molecule has 1 atom stereocenters. The number of amides is 2. The van der Waals surface area contributed by atoms with Crippen molar-refractivity contribution in [2.75, 3.05) is 6.54 Å². The van der Waals surface area contributed by atoms with Gasteiger partial charge in [-0.2, -0.15) is 13.2 Å².